The fraction of sp³-hybridized carbons (Fsp3) is 0.385. The number of para-hydroxylation sites is 1. The third-order valence-electron chi connectivity index (χ3n) is 3.22. The van der Waals surface area contributed by atoms with Crippen LogP contribution in [0.25, 0.3) is 10.2 Å². The molecule has 3 rings (SSSR count). The van der Waals surface area contributed by atoms with Crippen LogP contribution in [0.5, 0.6) is 0 Å². The maximum atomic E-state index is 11.5. The van der Waals surface area contributed by atoms with E-state index in [1.54, 1.807) is 11.3 Å². The van der Waals surface area contributed by atoms with E-state index in [0.29, 0.717) is 13.0 Å². The van der Waals surface area contributed by atoms with Crippen molar-refractivity contribution in [3.63, 3.8) is 0 Å². The summed E-state index contributed by atoms with van der Waals surface area (Å²) >= 11 is 1.69. The lowest BCUT2D eigenvalue weighted by Crippen LogP contribution is -2.34. The number of hydrogen-bond donors (Lipinski definition) is 1. The van der Waals surface area contributed by atoms with Gasteiger partial charge in [-0.25, -0.2) is 4.98 Å². The lowest BCUT2D eigenvalue weighted by atomic mass is 10.2. The highest BCUT2D eigenvalue weighted by atomic mass is 32.1. The minimum absolute atomic E-state index is 0.131. The third kappa shape index (κ3) is 2.06. The molecule has 18 heavy (non-hydrogen) atoms. The fourth-order valence-electron chi connectivity index (χ4n) is 2.25. The average Bonchev–Trinajstić information content (AvgIpc) is 2.69. The van der Waals surface area contributed by atoms with Crippen molar-refractivity contribution >= 4 is 32.6 Å². The molecule has 1 aromatic heterocycles. The molecule has 1 fully saturated rings. The highest BCUT2D eigenvalue weighted by molar-refractivity contribution is 7.22. The Morgan fingerprint density at radius 3 is 3.11 bits per heavy atom. The number of fused-ring (bicyclic) bond motifs is 1. The number of hydrogen-bond acceptors (Lipinski definition) is 4. The van der Waals surface area contributed by atoms with E-state index in [4.69, 9.17) is 0 Å². The van der Waals surface area contributed by atoms with Gasteiger partial charge in [-0.15, -0.1) is 0 Å². The molecule has 0 saturated carbocycles. The predicted molar refractivity (Wildman–Crippen MR) is 74.1 cm³/mol. The molecule has 0 aliphatic carbocycles. The molecule has 1 N–H and O–H groups in total. The van der Waals surface area contributed by atoms with Crippen LogP contribution >= 0.6 is 11.3 Å². The zero-order chi connectivity index (χ0) is 12.5. The monoisotopic (exact) mass is 261 g/mol. The van der Waals surface area contributed by atoms with Crippen molar-refractivity contribution < 1.29 is 4.79 Å². The van der Waals surface area contributed by atoms with Gasteiger partial charge in [0, 0.05) is 25.6 Å². The summed E-state index contributed by atoms with van der Waals surface area (Å²) in [6.07, 6.45) is 0.538. The zero-order valence-electron chi connectivity index (χ0n) is 10.2. The number of rotatable bonds is 1. The van der Waals surface area contributed by atoms with Crippen LogP contribution in [0.3, 0.4) is 0 Å². The molecule has 1 unspecified atom stereocenters. The quantitative estimate of drug-likeness (QED) is 0.854. The molecular formula is C13H15N3OS. The van der Waals surface area contributed by atoms with Gasteiger partial charge in [0.2, 0.25) is 5.91 Å². The van der Waals surface area contributed by atoms with Crippen LogP contribution < -0.4 is 10.2 Å². The summed E-state index contributed by atoms with van der Waals surface area (Å²) in [5.41, 5.74) is 1.04. The van der Waals surface area contributed by atoms with Gasteiger partial charge < -0.3 is 10.2 Å². The van der Waals surface area contributed by atoms with Crippen LogP contribution in [-0.2, 0) is 4.79 Å². The van der Waals surface area contributed by atoms with E-state index in [1.807, 2.05) is 18.2 Å². The summed E-state index contributed by atoms with van der Waals surface area (Å²) in [5, 5.41) is 3.92. The first kappa shape index (κ1) is 11.5. The van der Waals surface area contributed by atoms with Crippen molar-refractivity contribution in [1.82, 2.24) is 10.3 Å². The third-order valence-corrected chi connectivity index (χ3v) is 4.29. The average molecular weight is 261 g/mol. The number of nitrogens with one attached hydrogen (secondary N) is 1. The summed E-state index contributed by atoms with van der Waals surface area (Å²) in [6.45, 7) is 3.60. The minimum Gasteiger partial charge on any atom is -0.354 e. The van der Waals surface area contributed by atoms with Crippen LogP contribution in [-0.4, -0.2) is 30.0 Å². The van der Waals surface area contributed by atoms with Crippen LogP contribution in [0.4, 0.5) is 5.13 Å². The molecule has 1 amide bonds. The number of thiazole rings is 1. The Labute approximate surface area is 110 Å². The number of anilines is 1. The van der Waals surface area contributed by atoms with Gasteiger partial charge >= 0.3 is 0 Å². The topological polar surface area (TPSA) is 45.2 Å². The Hall–Kier alpha value is -1.62. The number of nitrogens with zero attached hydrogens (tertiary/aromatic N) is 2. The van der Waals surface area contributed by atoms with E-state index < -0.39 is 0 Å². The van der Waals surface area contributed by atoms with E-state index in [9.17, 15) is 4.79 Å². The molecular weight excluding hydrogens is 246 g/mol. The first-order valence-corrected chi connectivity index (χ1v) is 6.94. The summed E-state index contributed by atoms with van der Waals surface area (Å²) in [5.74, 6) is 0.131. The van der Waals surface area contributed by atoms with E-state index >= 15 is 0 Å². The number of carbonyl (C=O) groups excluding carboxylic acids is 1. The Morgan fingerprint density at radius 2 is 2.28 bits per heavy atom. The summed E-state index contributed by atoms with van der Waals surface area (Å²) in [7, 11) is 0. The van der Waals surface area contributed by atoms with Crippen molar-refractivity contribution in [2.24, 2.45) is 0 Å². The van der Waals surface area contributed by atoms with Crippen LogP contribution in [0, 0.1) is 0 Å². The van der Waals surface area contributed by atoms with Crippen molar-refractivity contribution in [1.29, 1.82) is 0 Å². The molecule has 1 atom stereocenters. The highest BCUT2D eigenvalue weighted by Gasteiger charge is 2.23. The standard InChI is InChI=1S/C13H15N3OS/c1-9-8-12(17)14-6-7-16(9)13-15-10-4-2-3-5-11(10)18-13/h2-5,9H,6-8H2,1H3,(H,14,17). The van der Waals surface area contributed by atoms with Crippen molar-refractivity contribution in [2.75, 3.05) is 18.0 Å². The second-order valence-corrected chi connectivity index (χ2v) is 5.57. The van der Waals surface area contributed by atoms with Crippen LogP contribution in [0.1, 0.15) is 13.3 Å². The number of aromatic nitrogens is 1. The molecule has 2 aromatic rings. The molecule has 4 nitrogen and oxygen atoms in total. The maximum absolute atomic E-state index is 11.5. The Balaban J connectivity index is 1.95. The lowest BCUT2D eigenvalue weighted by Gasteiger charge is -2.25. The van der Waals surface area contributed by atoms with Gasteiger partial charge in [-0.05, 0) is 19.1 Å². The molecule has 5 heteroatoms. The molecule has 1 aliphatic rings. The summed E-state index contributed by atoms with van der Waals surface area (Å²) in [4.78, 5) is 18.4. The van der Waals surface area contributed by atoms with Gasteiger partial charge in [0.25, 0.3) is 0 Å². The second kappa shape index (κ2) is 4.57. The summed E-state index contributed by atoms with van der Waals surface area (Å²) < 4.78 is 1.20. The van der Waals surface area contributed by atoms with Gasteiger partial charge in [-0.1, -0.05) is 23.5 Å². The number of benzene rings is 1. The molecule has 94 valence electrons. The molecule has 0 spiro atoms. The SMILES string of the molecule is CC1CC(=O)NCCN1c1nc2ccccc2s1. The van der Waals surface area contributed by atoms with Crippen LogP contribution in [0.2, 0.25) is 0 Å². The number of carbonyl (C=O) groups is 1. The largest absolute Gasteiger partial charge is 0.354 e. The zero-order valence-corrected chi connectivity index (χ0v) is 11.0. The Morgan fingerprint density at radius 1 is 1.44 bits per heavy atom. The lowest BCUT2D eigenvalue weighted by molar-refractivity contribution is -0.120. The van der Waals surface area contributed by atoms with Gasteiger partial charge in [-0.2, -0.15) is 0 Å². The van der Waals surface area contributed by atoms with E-state index in [0.717, 1.165) is 17.2 Å². The highest BCUT2D eigenvalue weighted by Crippen LogP contribution is 2.30. The van der Waals surface area contributed by atoms with Gasteiger partial charge in [0.1, 0.15) is 0 Å². The van der Waals surface area contributed by atoms with E-state index in [-0.39, 0.29) is 11.9 Å². The van der Waals surface area contributed by atoms with Gasteiger partial charge in [0.15, 0.2) is 5.13 Å². The number of amides is 1. The Kier molecular flexibility index (Phi) is 2.91. The molecule has 0 radical (unpaired) electrons. The molecule has 1 saturated heterocycles. The molecule has 0 bridgehead atoms. The second-order valence-electron chi connectivity index (χ2n) is 4.56. The van der Waals surface area contributed by atoms with Crippen molar-refractivity contribution in [3.05, 3.63) is 24.3 Å². The first-order valence-electron chi connectivity index (χ1n) is 6.13. The van der Waals surface area contributed by atoms with Crippen molar-refractivity contribution in [2.45, 2.75) is 19.4 Å². The van der Waals surface area contributed by atoms with E-state index in [2.05, 4.69) is 28.2 Å². The maximum Gasteiger partial charge on any atom is 0.222 e. The normalized spacial score (nSPS) is 20.8. The predicted octanol–water partition coefficient (Wildman–Crippen LogP) is 2.01. The Bertz CT molecular complexity index is 547. The molecule has 1 aliphatic heterocycles. The minimum atomic E-state index is 0.131. The molecule has 2 heterocycles. The van der Waals surface area contributed by atoms with E-state index in [1.165, 1.54) is 4.70 Å². The van der Waals surface area contributed by atoms with Gasteiger partial charge in [0.05, 0.1) is 10.2 Å². The van der Waals surface area contributed by atoms with Crippen molar-refractivity contribution in [3.8, 4) is 0 Å². The van der Waals surface area contributed by atoms with Gasteiger partial charge in [-0.3, -0.25) is 4.79 Å². The van der Waals surface area contributed by atoms with Crippen LogP contribution in [0.15, 0.2) is 24.3 Å². The smallest absolute Gasteiger partial charge is 0.222 e. The summed E-state index contributed by atoms with van der Waals surface area (Å²) in [6, 6.07) is 8.35. The first-order chi connectivity index (χ1) is 8.74. The molecule has 1 aromatic carbocycles. The fourth-order valence-corrected chi connectivity index (χ4v) is 3.35.